The number of nitrogens with zero attached hydrogens (tertiary/aromatic N) is 2. The van der Waals surface area contributed by atoms with Crippen LogP contribution in [0.3, 0.4) is 0 Å². The van der Waals surface area contributed by atoms with Crippen molar-refractivity contribution in [2.24, 2.45) is 0 Å². The quantitative estimate of drug-likeness (QED) is 0.889. The highest BCUT2D eigenvalue weighted by Gasteiger charge is 2.22. The Bertz CT molecular complexity index is 542. The molecule has 0 aliphatic heterocycles. The Morgan fingerprint density at radius 2 is 2.05 bits per heavy atom. The van der Waals surface area contributed by atoms with Crippen molar-refractivity contribution in [3.8, 4) is 0 Å². The lowest BCUT2D eigenvalue weighted by Crippen LogP contribution is -2.04. The highest BCUT2D eigenvalue weighted by molar-refractivity contribution is 7.92. The topological polar surface area (TPSA) is 38.1 Å². The van der Waals surface area contributed by atoms with Crippen LogP contribution in [0.5, 0.6) is 0 Å². The minimum Gasteiger partial charge on any atom is -0.380 e. The van der Waals surface area contributed by atoms with E-state index < -0.39 is 6.10 Å². The van der Waals surface area contributed by atoms with Gasteiger partial charge in [0.2, 0.25) is 0 Å². The normalized spacial score (nSPS) is 11.9. The van der Waals surface area contributed by atoms with Crippen LogP contribution in [0.4, 0.5) is 3.89 Å². The van der Waals surface area contributed by atoms with Crippen LogP contribution < -0.4 is 0 Å². The van der Waals surface area contributed by atoms with Gasteiger partial charge in [0.15, 0.2) is 18.2 Å². The van der Waals surface area contributed by atoms with E-state index in [-0.39, 0.29) is 18.2 Å². The first-order valence-corrected chi connectivity index (χ1v) is 7.69. The minimum absolute atomic E-state index is 0.0385. The summed E-state index contributed by atoms with van der Waals surface area (Å²) in [6.45, 7) is 7.53. The summed E-state index contributed by atoms with van der Waals surface area (Å²) in [4.78, 5) is 4.83. The van der Waals surface area contributed by atoms with Gasteiger partial charge in [0.05, 0.1) is 15.7 Å². The summed E-state index contributed by atoms with van der Waals surface area (Å²) in [5.41, 5.74) is 1.39. The molecule has 0 aliphatic rings. The molecule has 0 fully saturated rings. The molecule has 1 unspecified atom stereocenters. The smallest absolute Gasteiger partial charge is 0.171 e. The van der Waals surface area contributed by atoms with Gasteiger partial charge in [-0.3, -0.25) is 0 Å². The maximum atomic E-state index is 12.8. The molecule has 0 radical (unpaired) electrons. The van der Waals surface area contributed by atoms with E-state index in [1.807, 2.05) is 13.8 Å². The number of hydrogen-bond acceptors (Lipinski definition) is 4. The fourth-order valence-electron chi connectivity index (χ4n) is 1.48. The molecular formula is C12H16ClFN2OS2. The number of rotatable bonds is 3. The lowest BCUT2D eigenvalue weighted by Gasteiger charge is -2.08. The number of aryl methyl sites for hydroxylation is 1. The van der Waals surface area contributed by atoms with Crippen LogP contribution >= 0.6 is 35.3 Å². The molecule has 2 aromatic heterocycles. The predicted molar refractivity (Wildman–Crippen MR) is 80.5 cm³/mol. The van der Waals surface area contributed by atoms with Crippen molar-refractivity contribution in [2.75, 3.05) is 0 Å². The highest BCUT2D eigenvalue weighted by Crippen LogP contribution is 2.33. The minimum atomic E-state index is -0.955. The van der Waals surface area contributed by atoms with E-state index >= 15 is 0 Å². The van der Waals surface area contributed by atoms with Crippen molar-refractivity contribution in [2.45, 2.75) is 33.8 Å². The van der Waals surface area contributed by atoms with Crippen molar-refractivity contribution >= 4 is 35.3 Å². The van der Waals surface area contributed by atoms with Crippen molar-refractivity contribution in [1.29, 1.82) is 0 Å². The zero-order valence-electron chi connectivity index (χ0n) is 11.1. The molecule has 2 aromatic rings. The van der Waals surface area contributed by atoms with Crippen LogP contribution in [0.2, 0.25) is 4.34 Å². The summed E-state index contributed by atoms with van der Waals surface area (Å²) >= 11 is 7.10. The summed E-state index contributed by atoms with van der Waals surface area (Å²) in [5.74, 6) is 0.283. The molecule has 1 atom stereocenters. The second-order valence-electron chi connectivity index (χ2n) is 3.55. The molecule has 0 aliphatic carbocycles. The number of imidazole rings is 1. The van der Waals surface area contributed by atoms with Crippen LogP contribution in [0.15, 0.2) is 12.1 Å². The van der Waals surface area contributed by atoms with Gasteiger partial charge in [-0.15, -0.1) is 15.2 Å². The molecule has 2 rings (SSSR count). The first-order valence-electron chi connectivity index (χ1n) is 5.82. The van der Waals surface area contributed by atoms with Gasteiger partial charge in [0, 0.05) is 4.88 Å². The van der Waals surface area contributed by atoms with Crippen molar-refractivity contribution in [3.05, 3.63) is 38.6 Å². The van der Waals surface area contributed by atoms with E-state index in [2.05, 4.69) is 4.98 Å². The molecule has 0 aromatic carbocycles. The average Bonchev–Trinajstić information content (AvgIpc) is 2.96. The third-order valence-corrected chi connectivity index (χ3v) is 4.38. The van der Waals surface area contributed by atoms with Gasteiger partial charge in [-0.1, -0.05) is 25.4 Å². The zero-order chi connectivity index (χ0) is 14.6. The summed E-state index contributed by atoms with van der Waals surface area (Å²) in [6.07, 6.45) is -0.955. The number of hydrogen-bond donors (Lipinski definition) is 1. The van der Waals surface area contributed by atoms with Gasteiger partial charge in [0.1, 0.15) is 6.10 Å². The molecule has 0 amide bonds. The second-order valence-corrected chi connectivity index (χ2v) is 5.80. The van der Waals surface area contributed by atoms with Crippen molar-refractivity contribution in [3.63, 3.8) is 0 Å². The molecule has 0 saturated carbocycles. The van der Waals surface area contributed by atoms with Crippen LogP contribution in [-0.4, -0.2) is 14.1 Å². The van der Waals surface area contributed by atoms with Gasteiger partial charge < -0.3 is 5.11 Å². The fraction of sp³-hybridized carbons (Fsp3) is 0.417. The Hall–Kier alpha value is -0.560. The molecule has 19 heavy (non-hydrogen) atoms. The van der Waals surface area contributed by atoms with E-state index in [9.17, 15) is 8.99 Å². The van der Waals surface area contributed by atoms with E-state index in [4.69, 9.17) is 11.6 Å². The highest BCUT2D eigenvalue weighted by atomic mass is 35.5. The van der Waals surface area contributed by atoms with Gasteiger partial charge >= 0.3 is 0 Å². The largest absolute Gasteiger partial charge is 0.380 e. The van der Waals surface area contributed by atoms with Crippen molar-refractivity contribution < 1.29 is 8.99 Å². The van der Waals surface area contributed by atoms with Gasteiger partial charge in [-0.25, -0.2) is 8.96 Å². The summed E-state index contributed by atoms with van der Waals surface area (Å²) in [5, 5.41) is 10.1. The Labute approximate surface area is 125 Å². The monoisotopic (exact) mass is 322 g/mol. The lowest BCUT2D eigenvalue weighted by molar-refractivity contribution is 0.213. The third kappa shape index (κ3) is 3.51. The fourth-order valence-corrected chi connectivity index (χ4v) is 2.97. The average molecular weight is 323 g/mol. The SMILES string of the molecule is CC.Cc1nc(C(O)c2ccc(Cl)s2)n(SF)c1C. The molecule has 0 saturated heterocycles. The Morgan fingerprint density at radius 1 is 1.42 bits per heavy atom. The summed E-state index contributed by atoms with van der Waals surface area (Å²) < 4.78 is 14.7. The second kappa shape index (κ2) is 7.28. The van der Waals surface area contributed by atoms with Crippen molar-refractivity contribution in [1.82, 2.24) is 8.96 Å². The predicted octanol–water partition coefficient (Wildman–Crippen LogP) is 4.70. The Balaban J connectivity index is 0.000000861. The lowest BCUT2D eigenvalue weighted by atomic mass is 10.3. The van der Waals surface area contributed by atoms with E-state index in [0.717, 1.165) is 0 Å². The van der Waals surface area contributed by atoms with Gasteiger partial charge in [-0.05, 0) is 26.0 Å². The molecule has 2 heterocycles. The molecule has 1 N–H and O–H groups in total. The maximum Gasteiger partial charge on any atom is 0.171 e. The Morgan fingerprint density at radius 3 is 2.53 bits per heavy atom. The first kappa shape index (κ1) is 16.5. The number of aliphatic hydroxyl groups is 1. The molecule has 0 bridgehead atoms. The molecule has 106 valence electrons. The number of thiophene rings is 1. The van der Waals surface area contributed by atoms with Crippen LogP contribution in [0, 0.1) is 13.8 Å². The standard InChI is InChI=1S/C10H10ClFN2OS2.C2H6/c1-5-6(2)14(17-12)10(13-5)9(15)7-3-4-8(11)16-7;1-2/h3-4,9,15H,1-2H3;1-2H3. The molecular weight excluding hydrogens is 307 g/mol. The molecule has 7 heteroatoms. The summed E-state index contributed by atoms with van der Waals surface area (Å²) in [7, 11) is 0. The van der Waals surface area contributed by atoms with E-state index in [0.29, 0.717) is 20.6 Å². The molecule has 3 nitrogen and oxygen atoms in total. The van der Waals surface area contributed by atoms with Crippen LogP contribution in [-0.2, 0) is 0 Å². The third-order valence-electron chi connectivity index (χ3n) is 2.50. The number of aromatic nitrogens is 2. The summed E-state index contributed by atoms with van der Waals surface area (Å²) in [6, 6.07) is 3.41. The van der Waals surface area contributed by atoms with E-state index in [1.165, 1.54) is 15.3 Å². The van der Waals surface area contributed by atoms with Gasteiger partial charge in [-0.2, -0.15) is 0 Å². The van der Waals surface area contributed by atoms with Crippen LogP contribution in [0.1, 0.15) is 42.0 Å². The first-order chi connectivity index (χ1) is 9.04. The molecule has 0 spiro atoms. The maximum absolute atomic E-state index is 12.8. The van der Waals surface area contributed by atoms with Gasteiger partial charge in [0.25, 0.3) is 0 Å². The van der Waals surface area contributed by atoms with E-state index in [1.54, 1.807) is 26.0 Å². The zero-order valence-corrected chi connectivity index (χ0v) is 13.5. The number of halogens is 2. The number of aliphatic hydroxyl groups excluding tert-OH is 1. The van der Waals surface area contributed by atoms with Crippen LogP contribution in [0.25, 0.3) is 0 Å². The Kier molecular flexibility index (Phi) is 6.32.